The van der Waals surface area contributed by atoms with E-state index >= 15 is 0 Å². The van der Waals surface area contributed by atoms with Gasteiger partial charge < -0.3 is 4.90 Å². The predicted octanol–water partition coefficient (Wildman–Crippen LogP) is 2.86. The zero-order chi connectivity index (χ0) is 17.7. The average molecular weight is 417 g/mol. The second-order valence-corrected chi connectivity index (χ2v) is 8.95. The summed E-state index contributed by atoms with van der Waals surface area (Å²) in [5, 5.41) is 0. The zero-order valence-corrected chi connectivity index (χ0v) is 16.6. The van der Waals surface area contributed by atoms with Gasteiger partial charge in [-0.2, -0.15) is 0 Å². The largest absolute Gasteiger partial charge is 0.343 e. The standard InChI is InChI=1S/C17H25BrN2O3S/c1-3-19(4-2)17(21)15-8-10-20(11-9-15)24(22,23)13-14-6-5-7-16(18)12-14/h5-7,12,15H,3-4,8-11,13H2,1-2H3. The molecule has 1 aliphatic heterocycles. The maximum atomic E-state index is 12.6. The molecule has 24 heavy (non-hydrogen) atoms. The van der Waals surface area contributed by atoms with E-state index in [9.17, 15) is 13.2 Å². The summed E-state index contributed by atoms with van der Waals surface area (Å²) < 4.78 is 27.6. The van der Waals surface area contributed by atoms with Crippen molar-refractivity contribution >= 4 is 31.9 Å². The van der Waals surface area contributed by atoms with Crippen LogP contribution in [0.4, 0.5) is 0 Å². The van der Waals surface area contributed by atoms with Crippen molar-refractivity contribution in [1.82, 2.24) is 9.21 Å². The number of halogens is 1. The quantitative estimate of drug-likeness (QED) is 0.715. The van der Waals surface area contributed by atoms with Gasteiger partial charge in [-0.05, 0) is 44.4 Å². The summed E-state index contributed by atoms with van der Waals surface area (Å²) in [7, 11) is -3.35. The van der Waals surface area contributed by atoms with Gasteiger partial charge in [0.15, 0.2) is 0 Å². The number of carbonyl (C=O) groups excluding carboxylic acids is 1. The Kier molecular flexibility index (Phi) is 6.83. The molecule has 1 amide bonds. The third-order valence-corrected chi connectivity index (χ3v) is 6.85. The minimum atomic E-state index is -3.35. The maximum absolute atomic E-state index is 12.6. The number of hydrogen-bond acceptors (Lipinski definition) is 3. The van der Waals surface area contributed by atoms with Crippen molar-refractivity contribution < 1.29 is 13.2 Å². The van der Waals surface area contributed by atoms with Crippen LogP contribution in [0.15, 0.2) is 28.7 Å². The van der Waals surface area contributed by atoms with E-state index in [1.165, 1.54) is 4.31 Å². The fourth-order valence-electron chi connectivity index (χ4n) is 3.10. The zero-order valence-electron chi connectivity index (χ0n) is 14.2. The van der Waals surface area contributed by atoms with Gasteiger partial charge >= 0.3 is 0 Å². The van der Waals surface area contributed by atoms with E-state index in [1.807, 2.05) is 43.0 Å². The summed E-state index contributed by atoms with van der Waals surface area (Å²) in [4.78, 5) is 14.2. The van der Waals surface area contributed by atoms with Gasteiger partial charge in [0.1, 0.15) is 0 Å². The number of amides is 1. The molecule has 1 saturated heterocycles. The van der Waals surface area contributed by atoms with Gasteiger partial charge in [-0.1, -0.05) is 28.1 Å². The SMILES string of the molecule is CCN(CC)C(=O)C1CCN(S(=O)(=O)Cc2cccc(Br)c2)CC1. The van der Waals surface area contributed by atoms with E-state index in [1.54, 1.807) is 0 Å². The van der Waals surface area contributed by atoms with Crippen LogP contribution in [0.2, 0.25) is 0 Å². The second-order valence-electron chi connectivity index (χ2n) is 6.07. The number of nitrogens with zero attached hydrogens (tertiary/aromatic N) is 2. The summed E-state index contributed by atoms with van der Waals surface area (Å²) >= 11 is 3.37. The molecule has 1 aromatic carbocycles. The minimum Gasteiger partial charge on any atom is -0.343 e. The van der Waals surface area contributed by atoms with Crippen LogP contribution in [0, 0.1) is 5.92 Å². The van der Waals surface area contributed by atoms with E-state index in [0.29, 0.717) is 39.0 Å². The molecule has 1 fully saturated rings. The monoisotopic (exact) mass is 416 g/mol. The normalized spacial score (nSPS) is 17.0. The van der Waals surface area contributed by atoms with Gasteiger partial charge in [0.25, 0.3) is 0 Å². The first-order chi connectivity index (χ1) is 11.4. The first kappa shape index (κ1) is 19.4. The van der Waals surface area contributed by atoms with E-state index in [4.69, 9.17) is 0 Å². The molecule has 0 aromatic heterocycles. The smallest absolute Gasteiger partial charge is 0.225 e. The lowest BCUT2D eigenvalue weighted by Crippen LogP contribution is -2.44. The summed E-state index contributed by atoms with van der Waals surface area (Å²) in [5.74, 6) is 0.104. The lowest BCUT2D eigenvalue weighted by atomic mass is 9.96. The molecular weight excluding hydrogens is 392 g/mol. The molecule has 1 aromatic rings. The predicted molar refractivity (Wildman–Crippen MR) is 99.0 cm³/mol. The third kappa shape index (κ3) is 4.80. The van der Waals surface area contributed by atoms with E-state index in [0.717, 1.165) is 10.0 Å². The number of piperidine rings is 1. The molecule has 5 nitrogen and oxygen atoms in total. The number of carbonyl (C=O) groups is 1. The van der Waals surface area contributed by atoms with E-state index < -0.39 is 10.0 Å². The number of sulfonamides is 1. The van der Waals surface area contributed by atoms with Crippen LogP contribution >= 0.6 is 15.9 Å². The second kappa shape index (κ2) is 8.45. The molecule has 0 bridgehead atoms. The summed E-state index contributed by atoms with van der Waals surface area (Å²) in [6.45, 7) is 6.20. The molecule has 0 atom stereocenters. The minimum absolute atomic E-state index is 0.00109. The topological polar surface area (TPSA) is 57.7 Å². The fraction of sp³-hybridized carbons (Fsp3) is 0.588. The highest BCUT2D eigenvalue weighted by Crippen LogP contribution is 2.24. The van der Waals surface area contributed by atoms with Crippen molar-refractivity contribution in [1.29, 1.82) is 0 Å². The Labute approximate surface area is 153 Å². The van der Waals surface area contributed by atoms with Crippen molar-refractivity contribution in [3.05, 3.63) is 34.3 Å². The Bertz CT molecular complexity index is 666. The molecule has 1 heterocycles. The molecule has 0 radical (unpaired) electrons. The Balaban J connectivity index is 1.97. The first-order valence-corrected chi connectivity index (χ1v) is 10.8. The maximum Gasteiger partial charge on any atom is 0.225 e. The van der Waals surface area contributed by atoms with Crippen molar-refractivity contribution in [3.63, 3.8) is 0 Å². The molecule has 0 spiro atoms. The van der Waals surface area contributed by atoms with Crippen LogP contribution in [0.3, 0.4) is 0 Å². The third-order valence-electron chi connectivity index (χ3n) is 4.51. The van der Waals surface area contributed by atoms with E-state index in [2.05, 4.69) is 15.9 Å². The van der Waals surface area contributed by atoms with Crippen LogP contribution in [0.5, 0.6) is 0 Å². The van der Waals surface area contributed by atoms with Gasteiger partial charge in [-0.15, -0.1) is 0 Å². The molecule has 134 valence electrons. The Hall–Kier alpha value is -0.920. The lowest BCUT2D eigenvalue weighted by molar-refractivity contribution is -0.136. The summed E-state index contributed by atoms with van der Waals surface area (Å²) in [5.41, 5.74) is 0.769. The molecular formula is C17H25BrN2O3S. The fourth-order valence-corrected chi connectivity index (χ4v) is 5.10. The van der Waals surface area contributed by atoms with Gasteiger partial charge in [0.2, 0.25) is 15.9 Å². The molecule has 0 N–H and O–H groups in total. The Morgan fingerprint density at radius 3 is 2.42 bits per heavy atom. The molecule has 7 heteroatoms. The van der Waals surface area contributed by atoms with Gasteiger partial charge in [0.05, 0.1) is 5.75 Å². The Morgan fingerprint density at radius 1 is 1.25 bits per heavy atom. The highest BCUT2D eigenvalue weighted by Gasteiger charge is 2.32. The van der Waals surface area contributed by atoms with Crippen molar-refractivity contribution in [3.8, 4) is 0 Å². The average Bonchev–Trinajstić information content (AvgIpc) is 2.55. The summed E-state index contributed by atoms with van der Waals surface area (Å²) in [6.07, 6.45) is 1.21. The van der Waals surface area contributed by atoms with Crippen LogP contribution in [0.1, 0.15) is 32.3 Å². The molecule has 1 aliphatic rings. The van der Waals surface area contributed by atoms with Crippen LogP contribution in [0.25, 0.3) is 0 Å². The van der Waals surface area contributed by atoms with E-state index in [-0.39, 0.29) is 17.6 Å². The highest BCUT2D eigenvalue weighted by atomic mass is 79.9. The Morgan fingerprint density at radius 2 is 1.88 bits per heavy atom. The lowest BCUT2D eigenvalue weighted by Gasteiger charge is -2.33. The molecule has 0 unspecified atom stereocenters. The van der Waals surface area contributed by atoms with Gasteiger partial charge in [-0.25, -0.2) is 12.7 Å². The molecule has 0 aliphatic carbocycles. The van der Waals surface area contributed by atoms with Gasteiger partial charge in [-0.3, -0.25) is 4.79 Å². The number of rotatable bonds is 6. The van der Waals surface area contributed by atoms with Crippen LogP contribution in [-0.4, -0.2) is 49.7 Å². The van der Waals surface area contributed by atoms with Crippen molar-refractivity contribution in [2.45, 2.75) is 32.4 Å². The number of benzene rings is 1. The van der Waals surface area contributed by atoms with Crippen LogP contribution < -0.4 is 0 Å². The molecule has 0 saturated carbocycles. The van der Waals surface area contributed by atoms with Crippen molar-refractivity contribution in [2.75, 3.05) is 26.2 Å². The van der Waals surface area contributed by atoms with Gasteiger partial charge in [0, 0.05) is 36.6 Å². The van der Waals surface area contributed by atoms with Crippen LogP contribution in [-0.2, 0) is 20.6 Å². The number of hydrogen-bond donors (Lipinski definition) is 0. The first-order valence-electron chi connectivity index (χ1n) is 8.38. The van der Waals surface area contributed by atoms with Crippen molar-refractivity contribution in [2.24, 2.45) is 5.92 Å². The highest BCUT2D eigenvalue weighted by molar-refractivity contribution is 9.10. The molecule has 2 rings (SSSR count). The summed E-state index contributed by atoms with van der Waals surface area (Å²) in [6, 6.07) is 7.36.